The molecule has 0 radical (unpaired) electrons. The fourth-order valence-corrected chi connectivity index (χ4v) is 1.60. The molecule has 0 saturated heterocycles. The summed E-state index contributed by atoms with van der Waals surface area (Å²) in [5.41, 5.74) is -0.461. The first kappa shape index (κ1) is 25.9. The van der Waals surface area contributed by atoms with Crippen LogP contribution in [0.2, 0.25) is 0 Å². The van der Waals surface area contributed by atoms with Gasteiger partial charge in [0, 0.05) is 12.6 Å². The van der Waals surface area contributed by atoms with Crippen LogP contribution in [0.1, 0.15) is 34.1 Å². The maximum absolute atomic E-state index is 11.9. The van der Waals surface area contributed by atoms with Gasteiger partial charge in [-0.3, -0.25) is 4.79 Å². The third kappa shape index (κ3) is 10.7. The third-order valence-corrected chi connectivity index (χ3v) is 3.96. The second-order valence-electron chi connectivity index (χ2n) is 6.94. The van der Waals surface area contributed by atoms with Crippen LogP contribution in [-0.2, 0) is 28.6 Å². The molecule has 29 heavy (non-hydrogen) atoms. The SMILES string of the molecule is C=C(C)C(=O)OCCN(C)/C=C/C=C(\C#N)C(=O)OCCOC(=O)C(C)(C)CC. The van der Waals surface area contributed by atoms with Crippen molar-refractivity contribution >= 4 is 17.9 Å². The highest BCUT2D eigenvalue weighted by atomic mass is 16.6. The van der Waals surface area contributed by atoms with Crippen LogP contribution < -0.4 is 0 Å². The van der Waals surface area contributed by atoms with Gasteiger partial charge in [-0.05, 0) is 45.5 Å². The molecule has 0 aliphatic carbocycles. The Labute approximate surface area is 172 Å². The maximum atomic E-state index is 11.9. The molecule has 8 nitrogen and oxygen atoms in total. The first-order valence-electron chi connectivity index (χ1n) is 9.21. The number of hydrogen-bond donors (Lipinski definition) is 0. The van der Waals surface area contributed by atoms with Crippen LogP contribution in [0, 0.1) is 16.7 Å². The van der Waals surface area contributed by atoms with Crippen molar-refractivity contribution in [2.45, 2.75) is 34.1 Å². The quantitative estimate of drug-likeness (QED) is 0.122. The minimum atomic E-state index is -0.805. The molecule has 0 aliphatic rings. The topological polar surface area (TPSA) is 106 Å². The molecule has 0 bridgehead atoms. The van der Waals surface area contributed by atoms with Gasteiger partial charge >= 0.3 is 17.9 Å². The summed E-state index contributed by atoms with van der Waals surface area (Å²) in [5.74, 6) is -1.63. The van der Waals surface area contributed by atoms with Crippen molar-refractivity contribution in [1.29, 1.82) is 5.26 Å². The van der Waals surface area contributed by atoms with Gasteiger partial charge in [0.1, 0.15) is 31.5 Å². The smallest absolute Gasteiger partial charge is 0.349 e. The molecule has 0 rings (SSSR count). The van der Waals surface area contributed by atoms with E-state index in [0.717, 1.165) is 0 Å². The van der Waals surface area contributed by atoms with E-state index in [1.54, 1.807) is 45.0 Å². The number of rotatable bonds is 12. The lowest BCUT2D eigenvalue weighted by atomic mass is 9.91. The number of allylic oxidation sites excluding steroid dienone is 2. The maximum Gasteiger partial charge on any atom is 0.349 e. The van der Waals surface area contributed by atoms with E-state index in [1.165, 1.54) is 12.2 Å². The van der Waals surface area contributed by atoms with Crippen LogP contribution in [0.25, 0.3) is 0 Å². The Morgan fingerprint density at radius 1 is 1.10 bits per heavy atom. The van der Waals surface area contributed by atoms with Gasteiger partial charge < -0.3 is 19.1 Å². The lowest BCUT2D eigenvalue weighted by Gasteiger charge is -2.20. The fraction of sp³-hybridized carbons (Fsp3) is 0.524. The Kier molecular flexibility index (Phi) is 11.8. The second kappa shape index (κ2) is 13.2. The first-order valence-corrected chi connectivity index (χ1v) is 9.21. The Morgan fingerprint density at radius 3 is 2.24 bits per heavy atom. The molecule has 160 valence electrons. The van der Waals surface area contributed by atoms with Crippen molar-refractivity contribution in [3.05, 3.63) is 36.1 Å². The summed E-state index contributed by atoms with van der Waals surface area (Å²) < 4.78 is 15.0. The predicted octanol–water partition coefficient (Wildman–Crippen LogP) is 2.52. The minimum Gasteiger partial charge on any atom is -0.462 e. The highest BCUT2D eigenvalue weighted by Crippen LogP contribution is 2.21. The fourth-order valence-electron chi connectivity index (χ4n) is 1.60. The molecule has 0 heterocycles. The van der Waals surface area contributed by atoms with Gasteiger partial charge in [0.15, 0.2) is 0 Å². The van der Waals surface area contributed by atoms with E-state index in [-0.39, 0.29) is 31.4 Å². The summed E-state index contributed by atoms with van der Waals surface area (Å²) in [6, 6.07) is 1.76. The molecular weight excluding hydrogens is 376 g/mol. The Balaban J connectivity index is 4.38. The molecule has 0 N–H and O–H groups in total. The number of carbonyl (C=O) groups is 3. The van der Waals surface area contributed by atoms with Gasteiger partial charge in [-0.25, -0.2) is 9.59 Å². The zero-order valence-electron chi connectivity index (χ0n) is 17.8. The zero-order chi connectivity index (χ0) is 22.4. The summed E-state index contributed by atoms with van der Waals surface area (Å²) in [4.78, 5) is 36.7. The lowest BCUT2D eigenvalue weighted by molar-refractivity contribution is -0.158. The largest absolute Gasteiger partial charge is 0.462 e. The Bertz CT molecular complexity index is 700. The van der Waals surface area contributed by atoms with Crippen molar-refractivity contribution in [2.24, 2.45) is 5.41 Å². The molecule has 0 fully saturated rings. The normalized spacial score (nSPS) is 11.5. The number of likely N-dealkylation sites (N-methyl/N-ethyl adjacent to an activating group) is 1. The van der Waals surface area contributed by atoms with E-state index in [1.807, 2.05) is 6.92 Å². The summed E-state index contributed by atoms with van der Waals surface area (Å²) in [7, 11) is 1.75. The average Bonchev–Trinajstić information content (AvgIpc) is 2.67. The second-order valence-corrected chi connectivity index (χ2v) is 6.94. The van der Waals surface area contributed by atoms with E-state index < -0.39 is 17.4 Å². The van der Waals surface area contributed by atoms with Crippen LogP contribution in [0.15, 0.2) is 36.1 Å². The first-order chi connectivity index (χ1) is 13.5. The van der Waals surface area contributed by atoms with Crippen LogP contribution in [0.4, 0.5) is 0 Å². The van der Waals surface area contributed by atoms with Gasteiger partial charge in [-0.15, -0.1) is 0 Å². The summed E-state index contributed by atoms with van der Waals surface area (Å²) in [6.45, 7) is 10.9. The van der Waals surface area contributed by atoms with Gasteiger partial charge in [0.2, 0.25) is 0 Å². The number of carbonyl (C=O) groups excluding carboxylic acids is 3. The van der Waals surface area contributed by atoms with Gasteiger partial charge in [0.05, 0.1) is 12.0 Å². The van der Waals surface area contributed by atoms with Gasteiger partial charge in [-0.1, -0.05) is 13.5 Å². The average molecular weight is 406 g/mol. The molecule has 0 aromatic carbocycles. The molecule has 0 unspecified atom stereocenters. The molecule has 8 heteroatoms. The van der Waals surface area contributed by atoms with Crippen LogP contribution in [0.3, 0.4) is 0 Å². The van der Waals surface area contributed by atoms with Crippen molar-refractivity contribution in [2.75, 3.05) is 33.4 Å². The Hall–Kier alpha value is -3.08. The summed E-state index contributed by atoms with van der Waals surface area (Å²) in [5, 5.41) is 9.08. The predicted molar refractivity (Wildman–Crippen MR) is 107 cm³/mol. The lowest BCUT2D eigenvalue weighted by Crippen LogP contribution is -2.27. The standard InChI is InChI=1S/C21H30N2O6/c1-7-21(4,5)20(26)29-14-13-28-19(25)17(15-22)9-8-10-23(6)11-12-27-18(24)16(2)3/h8-10H,2,7,11-14H2,1,3-6H3/b10-8+,17-9+. The molecular formula is C21H30N2O6. The molecule has 0 aliphatic heterocycles. The van der Waals surface area contributed by atoms with Gasteiger partial charge in [-0.2, -0.15) is 5.26 Å². The zero-order valence-corrected chi connectivity index (χ0v) is 17.8. The monoisotopic (exact) mass is 406 g/mol. The molecule has 0 aromatic rings. The van der Waals surface area contributed by atoms with E-state index in [4.69, 9.17) is 19.5 Å². The molecule has 0 atom stereocenters. The van der Waals surface area contributed by atoms with Crippen LogP contribution >= 0.6 is 0 Å². The van der Waals surface area contributed by atoms with Crippen molar-refractivity contribution in [3.63, 3.8) is 0 Å². The van der Waals surface area contributed by atoms with Crippen molar-refractivity contribution in [3.8, 4) is 6.07 Å². The highest BCUT2D eigenvalue weighted by molar-refractivity contribution is 5.93. The highest BCUT2D eigenvalue weighted by Gasteiger charge is 2.26. The summed E-state index contributed by atoms with van der Waals surface area (Å²) in [6.07, 6.45) is 5.06. The van der Waals surface area contributed by atoms with Crippen molar-refractivity contribution in [1.82, 2.24) is 4.90 Å². The number of ether oxygens (including phenoxy) is 3. The van der Waals surface area contributed by atoms with E-state index in [0.29, 0.717) is 18.5 Å². The van der Waals surface area contributed by atoms with Crippen molar-refractivity contribution < 1.29 is 28.6 Å². The Morgan fingerprint density at radius 2 is 1.69 bits per heavy atom. The number of hydrogen-bond acceptors (Lipinski definition) is 8. The van der Waals surface area contributed by atoms with Crippen LogP contribution in [-0.4, -0.2) is 56.2 Å². The van der Waals surface area contributed by atoms with E-state index in [2.05, 4.69) is 6.58 Å². The minimum absolute atomic E-state index is 0.0752. The van der Waals surface area contributed by atoms with E-state index in [9.17, 15) is 14.4 Å². The number of esters is 3. The number of nitrogens with zero attached hydrogens (tertiary/aromatic N) is 2. The summed E-state index contributed by atoms with van der Waals surface area (Å²) >= 11 is 0. The van der Waals surface area contributed by atoms with Crippen LogP contribution in [0.5, 0.6) is 0 Å². The molecule has 0 aromatic heterocycles. The molecule has 0 saturated carbocycles. The molecule has 0 spiro atoms. The van der Waals surface area contributed by atoms with E-state index >= 15 is 0 Å². The van der Waals surface area contributed by atoms with Gasteiger partial charge in [0.25, 0.3) is 0 Å². The molecule has 0 amide bonds. The third-order valence-electron chi connectivity index (χ3n) is 3.96. The number of nitriles is 1.